The van der Waals surface area contributed by atoms with Crippen LogP contribution in [0.3, 0.4) is 0 Å². The van der Waals surface area contributed by atoms with Crippen molar-refractivity contribution in [2.45, 2.75) is 31.2 Å². The molecule has 4 heteroatoms. The second kappa shape index (κ2) is 6.95. The van der Waals surface area contributed by atoms with Crippen LogP contribution in [0.4, 0.5) is 0 Å². The smallest absolute Gasteiger partial charge is 0.0596 e. The van der Waals surface area contributed by atoms with E-state index >= 15 is 0 Å². The van der Waals surface area contributed by atoms with Crippen molar-refractivity contribution < 1.29 is 0 Å². The summed E-state index contributed by atoms with van der Waals surface area (Å²) in [5.41, 5.74) is 3.68. The summed E-state index contributed by atoms with van der Waals surface area (Å²) in [6.07, 6.45) is 3.07. The van der Waals surface area contributed by atoms with E-state index in [0.717, 1.165) is 18.7 Å². The molecule has 2 aromatic rings. The minimum absolute atomic E-state index is 0.339. The zero-order valence-corrected chi connectivity index (χ0v) is 13.5. The van der Waals surface area contributed by atoms with Crippen molar-refractivity contribution in [3.63, 3.8) is 0 Å². The molecule has 0 aliphatic carbocycles. The number of hydrogen-bond donors (Lipinski definition) is 1. The van der Waals surface area contributed by atoms with E-state index in [1.165, 1.54) is 16.2 Å². The number of likely N-dealkylation sites (N-methyl/N-ethyl adjacent to an activating group) is 1. The Balaban J connectivity index is 2.19. The summed E-state index contributed by atoms with van der Waals surface area (Å²) in [5, 5.41) is 8.00. The first kappa shape index (κ1) is 15.1. The predicted molar refractivity (Wildman–Crippen MR) is 86.3 cm³/mol. The number of thioether (sulfide) groups is 1. The fourth-order valence-electron chi connectivity index (χ4n) is 2.45. The van der Waals surface area contributed by atoms with Gasteiger partial charge in [0.25, 0.3) is 0 Å². The molecule has 0 amide bonds. The van der Waals surface area contributed by atoms with E-state index in [2.05, 4.69) is 53.9 Å². The summed E-state index contributed by atoms with van der Waals surface area (Å²) in [5.74, 6) is 0. The number of rotatable bonds is 6. The van der Waals surface area contributed by atoms with Crippen LogP contribution in [0.2, 0.25) is 0 Å². The van der Waals surface area contributed by atoms with E-state index in [1.54, 1.807) is 11.8 Å². The molecule has 1 atom stereocenters. The average Bonchev–Trinajstić information content (AvgIpc) is 2.76. The summed E-state index contributed by atoms with van der Waals surface area (Å²) < 4.78 is 1.98. The first-order valence-electron chi connectivity index (χ1n) is 7.01. The first-order chi connectivity index (χ1) is 9.63. The lowest BCUT2D eigenvalue weighted by Crippen LogP contribution is -2.23. The van der Waals surface area contributed by atoms with Gasteiger partial charge in [0.05, 0.1) is 5.69 Å². The van der Waals surface area contributed by atoms with Crippen molar-refractivity contribution in [2.75, 3.05) is 12.8 Å². The molecule has 20 heavy (non-hydrogen) atoms. The van der Waals surface area contributed by atoms with Crippen LogP contribution in [0.15, 0.2) is 35.2 Å². The van der Waals surface area contributed by atoms with Crippen LogP contribution in [0, 0.1) is 6.92 Å². The molecular weight excluding hydrogens is 266 g/mol. The highest BCUT2D eigenvalue weighted by Gasteiger charge is 2.14. The molecule has 0 spiro atoms. The maximum Gasteiger partial charge on any atom is 0.0596 e. The first-order valence-corrected chi connectivity index (χ1v) is 8.23. The van der Waals surface area contributed by atoms with Gasteiger partial charge in [0.2, 0.25) is 0 Å². The van der Waals surface area contributed by atoms with Gasteiger partial charge in [-0.1, -0.05) is 19.1 Å². The van der Waals surface area contributed by atoms with Gasteiger partial charge in [-0.2, -0.15) is 5.10 Å². The molecule has 1 aromatic heterocycles. The molecule has 0 saturated carbocycles. The second-order valence-corrected chi connectivity index (χ2v) is 5.87. The number of aryl methyl sites for hydroxylation is 2. The van der Waals surface area contributed by atoms with Gasteiger partial charge in [-0.25, -0.2) is 0 Å². The number of nitrogens with zero attached hydrogens (tertiary/aromatic N) is 2. The predicted octanol–water partition coefficient (Wildman–Crippen LogP) is 3.34. The Morgan fingerprint density at radius 1 is 1.30 bits per heavy atom. The normalized spacial score (nSPS) is 12.6. The molecule has 0 fully saturated rings. The lowest BCUT2D eigenvalue weighted by molar-refractivity contribution is 0.528. The van der Waals surface area contributed by atoms with Gasteiger partial charge in [0.15, 0.2) is 0 Å². The molecule has 1 N–H and O–H groups in total. The number of hydrogen-bond acceptors (Lipinski definition) is 3. The highest BCUT2D eigenvalue weighted by Crippen LogP contribution is 2.22. The molecule has 2 rings (SSSR count). The van der Waals surface area contributed by atoms with E-state index < -0.39 is 0 Å². The summed E-state index contributed by atoms with van der Waals surface area (Å²) in [4.78, 5) is 1.31. The molecule has 0 aliphatic heterocycles. The van der Waals surface area contributed by atoms with E-state index in [1.807, 2.05) is 18.7 Å². The molecule has 3 nitrogen and oxygen atoms in total. The molecule has 1 unspecified atom stereocenters. The van der Waals surface area contributed by atoms with Crippen LogP contribution in [0.1, 0.15) is 29.9 Å². The molecule has 108 valence electrons. The molecule has 0 bridgehead atoms. The quantitative estimate of drug-likeness (QED) is 0.827. The minimum atomic E-state index is 0.339. The maximum atomic E-state index is 4.43. The fraction of sp³-hybridized carbons (Fsp3) is 0.438. The molecule has 0 radical (unpaired) electrons. The highest BCUT2D eigenvalue weighted by atomic mass is 32.2. The van der Waals surface area contributed by atoms with Crippen molar-refractivity contribution in [2.24, 2.45) is 7.05 Å². The molecule has 0 aliphatic rings. The number of aromatic nitrogens is 2. The fourth-order valence-corrected chi connectivity index (χ4v) is 2.86. The van der Waals surface area contributed by atoms with Crippen molar-refractivity contribution in [3.05, 3.63) is 47.3 Å². The SMILES string of the molecule is CCNC(Cc1cc(C)nn1C)c1ccc(SC)cc1. The summed E-state index contributed by atoms with van der Waals surface area (Å²) in [6.45, 7) is 5.16. The monoisotopic (exact) mass is 289 g/mol. The highest BCUT2D eigenvalue weighted by molar-refractivity contribution is 7.98. The summed E-state index contributed by atoms with van der Waals surface area (Å²) >= 11 is 1.78. The standard InChI is InChI=1S/C16H23N3S/c1-5-17-16(11-14-10-12(2)18-19(14)3)13-6-8-15(20-4)9-7-13/h6-10,16-17H,5,11H2,1-4H3. The van der Waals surface area contributed by atoms with Crippen molar-refractivity contribution in [1.29, 1.82) is 0 Å². The van der Waals surface area contributed by atoms with Crippen molar-refractivity contribution >= 4 is 11.8 Å². The second-order valence-electron chi connectivity index (χ2n) is 4.99. The van der Waals surface area contributed by atoms with Gasteiger partial charge in [-0.15, -0.1) is 11.8 Å². The van der Waals surface area contributed by atoms with E-state index in [-0.39, 0.29) is 0 Å². The van der Waals surface area contributed by atoms with Crippen LogP contribution in [-0.2, 0) is 13.5 Å². The number of nitrogens with one attached hydrogen (secondary N) is 1. The van der Waals surface area contributed by atoms with Gasteiger partial charge in [-0.05, 0) is 43.5 Å². The Labute approximate surface area is 125 Å². The van der Waals surface area contributed by atoms with Crippen LogP contribution in [-0.4, -0.2) is 22.6 Å². The third-order valence-corrected chi connectivity index (χ3v) is 4.22. The minimum Gasteiger partial charge on any atom is -0.310 e. The van der Waals surface area contributed by atoms with Gasteiger partial charge in [0, 0.05) is 30.1 Å². The third-order valence-electron chi connectivity index (χ3n) is 3.48. The Hall–Kier alpha value is -1.26. The lowest BCUT2D eigenvalue weighted by atomic mass is 10.0. The molecule has 0 saturated heterocycles. The van der Waals surface area contributed by atoms with Gasteiger partial charge in [-0.3, -0.25) is 4.68 Å². The van der Waals surface area contributed by atoms with Crippen LogP contribution in [0.5, 0.6) is 0 Å². The topological polar surface area (TPSA) is 29.9 Å². The lowest BCUT2D eigenvalue weighted by Gasteiger charge is -2.18. The third kappa shape index (κ3) is 3.64. The van der Waals surface area contributed by atoms with Crippen LogP contribution in [0.25, 0.3) is 0 Å². The molecular formula is C16H23N3S. The van der Waals surface area contributed by atoms with Crippen LogP contribution >= 0.6 is 11.8 Å². The Morgan fingerprint density at radius 3 is 2.50 bits per heavy atom. The zero-order chi connectivity index (χ0) is 14.5. The van der Waals surface area contributed by atoms with Crippen LogP contribution < -0.4 is 5.32 Å². The Bertz CT molecular complexity index is 545. The van der Waals surface area contributed by atoms with Crippen molar-refractivity contribution in [1.82, 2.24) is 15.1 Å². The van der Waals surface area contributed by atoms with Gasteiger partial charge in [0.1, 0.15) is 0 Å². The average molecular weight is 289 g/mol. The largest absolute Gasteiger partial charge is 0.310 e. The van der Waals surface area contributed by atoms with Gasteiger partial charge >= 0.3 is 0 Å². The Kier molecular flexibility index (Phi) is 5.26. The van der Waals surface area contributed by atoms with E-state index in [9.17, 15) is 0 Å². The van der Waals surface area contributed by atoms with Crippen molar-refractivity contribution in [3.8, 4) is 0 Å². The number of benzene rings is 1. The molecule has 1 aromatic carbocycles. The summed E-state index contributed by atoms with van der Waals surface area (Å²) in [7, 11) is 2.02. The molecule has 1 heterocycles. The Morgan fingerprint density at radius 2 is 2.00 bits per heavy atom. The zero-order valence-electron chi connectivity index (χ0n) is 12.7. The van der Waals surface area contributed by atoms with E-state index in [0.29, 0.717) is 6.04 Å². The summed E-state index contributed by atoms with van der Waals surface area (Å²) in [6, 6.07) is 11.3. The maximum absolute atomic E-state index is 4.43. The van der Waals surface area contributed by atoms with Gasteiger partial charge < -0.3 is 5.32 Å². The van der Waals surface area contributed by atoms with E-state index in [4.69, 9.17) is 0 Å².